The Hall–Kier alpha value is -5.68. The number of imidazole rings is 2. The van der Waals surface area contributed by atoms with Gasteiger partial charge in [0.25, 0.3) is 0 Å². The number of fused-ring (bicyclic) bond motifs is 12. The van der Waals surface area contributed by atoms with E-state index in [1.165, 1.54) is 33.0 Å². The average Bonchev–Trinajstić information content (AvgIpc) is 3.73. The van der Waals surface area contributed by atoms with Gasteiger partial charge in [0.05, 0.1) is 22.9 Å². The van der Waals surface area contributed by atoms with Crippen molar-refractivity contribution in [3.05, 3.63) is 132 Å². The van der Waals surface area contributed by atoms with Crippen LogP contribution in [0.25, 0.3) is 65.9 Å². The molecule has 4 aromatic heterocycles. The molecule has 0 bridgehead atoms. The van der Waals surface area contributed by atoms with Crippen LogP contribution in [0.15, 0.2) is 116 Å². The van der Waals surface area contributed by atoms with E-state index in [0.29, 0.717) is 0 Å². The highest BCUT2D eigenvalue weighted by Gasteiger charge is 2.19. The fraction of sp³-hybridized carbons (Fsp3) is 0.143. The highest BCUT2D eigenvalue weighted by Crippen LogP contribution is 2.39. The Morgan fingerprint density at radius 1 is 0.596 bits per heavy atom. The second kappa shape index (κ2) is 9.91. The minimum absolute atomic E-state index is 0.0584. The van der Waals surface area contributed by atoms with Crippen molar-refractivity contribution in [1.29, 1.82) is 0 Å². The van der Waals surface area contributed by atoms with Crippen LogP contribution < -0.4 is 4.74 Å². The molecule has 0 aliphatic heterocycles. The van der Waals surface area contributed by atoms with Crippen LogP contribution in [0.1, 0.15) is 37.5 Å². The molecular weight excluding hydrogens is 576 g/mol. The van der Waals surface area contributed by atoms with Crippen molar-refractivity contribution in [1.82, 2.24) is 18.8 Å². The van der Waals surface area contributed by atoms with Gasteiger partial charge in [-0.1, -0.05) is 69.3 Å². The molecule has 228 valence electrons. The molecule has 0 amide bonds. The van der Waals surface area contributed by atoms with Gasteiger partial charge in [-0.2, -0.15) is 0 Å². The Morgan fingerprint density at radius 2 is 1.26 bits per heavy atom. The van der Waals surface area contributed by atoms with E-state index in [1.54, 1.807) is 0 Å². The van der Waals surface area contributed by atoms with Crippen LogP contribution in [0.5, 0.6) is 11.5 Å². The first-order valence-electron chi connectivity index (χ1n) is 16.2. The molecule has 5 heteroatoms. The van der Waals surface area contributed by atoms with E-state index in [4.69, 9.17) is 14.7 Å². The van der Waals surface area contributed by atoms with Crippen molar-refractivity contribution in [3.8, 4) is 22.8 Å². The highest BCUT2D eigenvalue weighted by atomic mass is 16.5. The van der Waals surface area contributed by atoms with E-state index in [1.807, 2.05) is 18.6 Å². The van der Waals surface area contributed by atoms with E-state index >= 15 is 0 Å². The minimum atomic E-state index is 0.0584. The number of aromatic nitrogens is 4. The summed E-state index contributed by atoms with van der Waals surface area (Å²) in [6, 6.07) is 34.5. The van der Waals surface area contributed by atoms with Gasteiger partial charge in [-0.25, -0.2) is 9.97 Å². The Bertz CT molecular complexity index is 2700. The van der Waals surface area contributed by atoms with Crippen LogP contribution in [0.3, 0.4) is 0 Å². The number of hydrogen-bond acceptors (Lipinski definition) is 3. The van der Waals surface area contributed by atoms with Crippen molar-refractivity contribution >= 4 is 54.6 Å². The lowest BCUT2D eigenvalue weighted by atomic mass is 9.86. The molecule has 0 fully saturated rings. The topological polar surface area (TPSA) is 43.8 Å². The van der Waals surface area contributed by atoms with Crippen LogP contribution in [0.4, 0.5) is 0 Å². The normalized spacial score (nSPS) is 12.4. The largest absolute Gasteiger partial charge is 0.457 e. The van der Waals surface area contributed by atoms with E-state index in [2.05, 4.69) is 140 Å². The molecule has 0 N–H and O–H groups in total. The lowest BCUT2D eigenvalue weighted by Crippen LogP contribution is -2.11. The molecule has 0 saturated carbocycles. The van der Waals surface area contributed by atoms with Gasteiger partial charge >= 0.3 is 0 Å². The van der Waals surface area contributed by atoms with Gasteiger partial charge in [0.2, 0.25) is 0 Å². The van der Waals surface area contributed by atoms with Crippen LogP contribution in [0, 0.1) is 13.8 Å². The summed E-state index contributed by atoms with van der Waals surface area (Å²) in [6.45, 7) is 11.1. The first-order valence-corrected chi connectivity index (χ1v) is 16.2. The molecule has 9 rings (SSSR count). The Labute approximate surface area is 272 Å². The van der Waals surface area contributed by atoms with Crippen LogP contribution in [-0.2, 0) is 5.41 Å². The lowest BCUT2D eigenvalue weighted by Gasteiger charge is -2.20. The number of hydrogen-bond donors (Lipinski definition) is 0. The molecule has 5 nitrogen and oxygen atoms in total. The third kappa shape index (κ3) is 4.16. The van der Waals surface area contributed by atoms with Gasteiger partial charge in [-0.3, -0.25) is 8.80 Å². The van der Waals surface area contributed by atoms with Gasteiger partial charge in [0.1, 0.15) is 22.8 Å². The summed E-state index contributed by atoms with van der Waals surface area (Å²) < 4.78 is 11.1. The Balaban J connectivity index is 1.21. The molecule has 0 aliphatic rings. The number of para-hydroxylation sites is 1. The zero-order chi connectivity index (χ0) is 32.0. The summed E-state index contributed by atoms with van der Waals surface area (Å²) in [5.74, 6) is 1.53. The summed E-state index contributed by atoms with van der Waals surface area (Å²) in [5.41, 5.74) is 10.3. The van der Waals surface area contributed by atoms with Gasteiger partial charge in [-0.15, -0.1) is 0 Å². The lowest BCUT2D eigenvalue weighted by molar-refractivity contribution is 0.484. The smallest absolute Gasteiger partial charge is 0.145 e. The zero-order valence-electron chi connectivity index (χ0n) is 27.2. The van der Waals surface area contributed by atoms with Crippen molar-refractivity contribution in [3.63, 3.8) is 0 Å². The standard InChI is InChI=1S/C42H34N4O/c1-25-9-8-10-26(2)39(25)38-24-44-41-35-23-29(14-17-30(35)32-11-6-7-12-36(32)46(38)41)47-28-15-18-31-33-16-13-27(42(3,4)5)21-37(33)45-20-19-43-40(45)34(31)22-28/h6-24H,1-5H3. The molecule has 0 unspecified atom stereocenters. The minimum Gasteiger partial charge on any atom is -0.457 e. The van der Waals surface area contributed by atoms with Crippen LogP contribution in [0.2, 0.25) is 0 Å². The number of ether oxygens (including phenoxy) is 1. The molecule has 0 spiro atoms. The maximum Gasteiger partial charge on any atom is 0.145 e. The third-order valence-electron chi connectivity index (χ3n) is 9.69. The van der Waals surface area contributed by atoms with Crippen LogP contribution in [-0.4, -0.2) is 18.8 Å². The van der Waals surface area contributed by atoms with Crippen molar-refractivity contribution in [2.24, 2.45) is 0 Å². The van der Waals surface area contributed by atoms with Crippen molar-refractivity contribution in [2.45, 2.75) is 40.0 Å². The monoisotopic (exact) mass is 610 g/mol. The van der Waals surface area contributed by atoms with E-state index in [-0.39, 0.29) is 5.41 Å². The second-order valence-electron chi connectivity index (χ2n) is 13.7. The van der Waals surface area contributed by atoms with Crippen molar-refractivity contribution in [2.75, 3.05) is 0 Å². The number of benzene rings is 5. The van der Waals surface area contributed by atoms with Gasteiger partial charge in [0.15, 0.2) is 0 Å². The maximum absolute atomic E-state index is 6.61. The maximum atomic E-state index is 6.61. The molecule has 0 aliphatic carbocycles. The summed E-state index contributed by atoms with van der Waals surface area (Å²) >= 11 is 0. The van der Waals surface area contributed by atoms with Crippen molar-refractivity contribution < 1.29 is 4.74 Å². The molecule has 0 saturated heterocycles. The van der Waals surface area contributed by atoms with Crippen LogP contribution >= 0.6 is 0 Å². The number of rotatable bonds is 3. The average molecular weight is 611 g/mol. The first kappa shape index (κ1) is 27.6. The van der Waals surface area contributed by atoms with E-state index in [0.717, 1.165) is 61.1 Å². The molecule has 0 atom stereocenters. The fourth-order valence-corrected chi connectivity index (χ4v) is 7.35. The second-order valence-corrected chi connectivity index (χ2v) is 13.7. The van der Waals surface area contributed by atoms with Gasteiger partial charge in [0, 0.05) is 39.5 Å². The highest BCUT2D eigenvalue weighted by molar-refractivity contribution is 6.13. The first-order chi connectivity index (χ1) is 22.8. The number of nitrogens with zero attached hydrogens (tertiary/aromatic N) is 4. The molecule has 47 heavy (non-hydrogen) atoms. The summed E-state index contributed by atoms with van der Waals surface area (Å²) in [6.07, 6.45) is 5.94. The molecule has 5 aromatic carbocycles. The fourth-order valence-electron chi connectivity index (χ4n) is 7.35. The molecule has 4 heterocycles. The molecule has 0 radical (unpaired) electrons. The predicted molar refractivity (Wildman–Crippen MR) is 194 cm³/mol. The number of pyridine rings is 2. The molecule has 9 aromatic rings. The van der Waals surface area contributed by atoms with Gasteiger partial charge < -0.3 is 4.74 Å². The summed E-state index contributed by atoms with van der Waals surface area (Å²) in [4.78, 5) is 9.80. The Morgan fingerprint density at radius 3 is 1.98 bits per heavy atom. The van der Waals surface area contributed by atoms with Gasteiger partial charge in [-0.05, 0) is 95.3 Å². The summed E-state index contributed by atoms with van der Waals surface area (Å²) in [7, 11) is 0. The summed E-state index contributed by atoms with van der Waals surface area (Å²) in [5, 5.41) is 6.80. The SMILES string of the molecule is Cc1cccc(C)c1-c1cnc2c3cc(Oc4ccc5c6ccc(C(C)(C)C)cc6n6ccnc6c5c4)ccc3c3ccccc3n12. The quantitative estimate of drug-likeness (QED) is 0.187. The predicted octanol–water partition coefficient (Wildman–Crippen LogP) is 11.0. The third-order valence-corrected chi connectivity index (χ3v) is 9.69. The number of aryl methyl sites for hydroxylation is 2. The Kier molecular flexibility index (Phi) is 5.82. The van der Waals surface area contributed by atoms with E-state index < -0.39 is 0 Å². The zero-order valence-corrected chi connectivity index (χ0v) is 27.2. The molecular formula is C42H34N4O. The van der Waals surface area contributed by atoms with E-state index in [9.17, 15) is 0 Å².